The van der Waals surface area contributed by atoms with Crippen molar-refractivity contribution in [1.82, 2.24) is 14.8 Å². The van der Waals surface area contributed by atoms with Gasteiger partial charge in [-0.2, -0.15) is 0 Å². The lowest BCUT2D eigenvalue weighted by atomic mass is 10.2. The number of halogens is 2. The van der Waals surface area contributed by atoms with Crippen molar-refractivity contribution in [2.45, 2.75) is 12.8 Å². The molecule has 0 N–H and O–H groups in total. The number of alkyl halides is 1. The summed E-state index contributed by atoms with van der Waals surface area (Å²) in [4.78, 5) is 0. The molecule has 2 rings (SSSR count). The molecule has 1 heterocycles. The Morgan fingerprint density at radius 2 is 2.27 bits per heavy atom. The molecule has 0 amide bonds. The van der Waals surface area contributed by atoms with E-state index in [1.807, 2.05) is 29.7 Å². The second kappa shape index (κ2) is 4.33. The SMILES string of the molecule is Cc1ccc(-n2cnnc2CCl)cc1Br. The first-order chi connectivity index (χ1) is 7.22. The van der Waals surface area contributed by atoms with Crippen molar-refractivity contribution in [3.63, 3.8) is 0 Å². The van der Waals surface area contributed by atoms with E-state index >= 15 is 0 Å². The summed E-state index contributed by atoms with van der Waals surface area (Å²) in [6.07, 6.45) is 1.66. The molecule has 0 bridgehead atoms. The Morgan fingerprint density at radius 1 is 1.47 bits per heavy atom. The fourth-order valence-corrected chi connectivity index (χ4v) is 1.85. The number of rotatable bonds is 2. The molecule has 0 saturated carbocycles. The normalized spacial score (nSPS) is 10.6. The molecular formula is C10H9BrClN3. The van der Waals surface area contributed by atoms with Crippen LogP contribution in [0.2, 0.25) is 0 Å². The minimum atomic E-state index is 0.353. The van der Waals surface area contributed by atoms with E-state index in [4.69, 9.17) is 11.6 Å². The Kier molecular flexibility index (Phi) is 3.07. The van der Waals surface area contributed by atoms with Crippen LogP contribution in [0.5, 0.6) is 0 Å². The van der Waals surface area contributed by atoms with Crippen molar-refractivity contribution in [2.24, 2.45) is 0 Å². The maximum atomic E-state index is 5.76. The van der Waals surface area contributed by atoms with Gasteiger partial charge >= 0.3 is 0 Å². The summed E-state index contributed by atoms with van der Waals surface area (Å²) >= 11 is 9.25. The summed E-state index contributed by atoms with van der Waals surface area (Å²) in [5.74, 6) is 1.10. The summed E-state index contributed by atoms with van der Waals surface area (Å²) in [5.41, 5.74) is 2.20. The summed E-state index contributed by atoms with van der Waals surface area (Å²) < 4.78 is 2.94. The predicted molar refractivity (Wildman–Crippen MR) is 63.4 cm³/mol. The van der Waals surface area contributed by atoms with Gasteiger partial charge in [0.2, 0.25) is 0 Å². The highest BCUT2D eigenvalue weighted by molar-refractivity contribution is 9.10. The molecule has 5 heteroatoms. The Hall–Kier alpha value is -0.870. The van der Waals surface area contributed by atoms with Crippen molar-refractivity contribution in [3.8, 4) is 5.69 Å². The second-order valence-corrected chi connectivity index (χ2v) is 4.31. The third-order valence-corrected chi connectivity index (χ3v) is 3.26. The minimum absolute atomic E-state index is 0.353. The number of benzene rings is 1. The summed E-state index contributed by atoms with van der Waals surface area (Å²) in [6.45, 7) is 2.04. The lowest BCUT2D eigenvalue weighted by Gasteiger charge is -2.06. The van der Waals surface area contributed by atoms with Gasteiger partial charge in [0.05, 0.1) is 5.88 Å². The lowest BCUT2D eigenvalue weighted by molar-refractivity contribution is 0.949. The molecule has 0 radical (unpaired) electrons. The van der Waals surface area contributed by atoms with Gasteiger partial charge in [0.25, 0.3) is 0 Å². The number of aromatic nitrogens is 3. The molecule has 0 aliphatic heterocycles. The van der Waals surface area contributed by atoms with Crippen LogP contribution in [0.15, 0.2) is 29.0 Å². The van der Waals surface area contributed by atoms with Crippen molar-refractivity contribution < 1.29 is 0 Å². The molecule has 1 aromatic heterocycles. The smallest absolute Gasteiger partial charge is 0.152 e. The van der Waals surface area contributed by atoms with Gasteiger partial charge in [0, 0.05) is 10.2 Å². The Balaban J connectivity index is 2.50. The molecule has 0 spiro atoms. The molecule has 0 aliphatic carbocycles. The van der Waals surface area contributed by atoms with Crippen LogP contribution < -0.4 is 0 Å². The first kappa shape index (κ1) is 10.6. The summed E-state index contributed by atoms with van der Waals surface area (Å²) in [6, 6.07) is 6.08. The molecular weight excluding hydrogens is 277 g/mol. The molecule has 1 aromatic carbocycles. The first-order valence-electron chi connectivity index (χ1n) is 4.44. The monoisotopic (exact) mass is 285 g/mol. The molecule has 0 aliphatic rings. The Labute approximate surface area is 101 Å². The van der Waals surface area contributed by atoms with Crippen molar-refractivity contribution in [1.29, 1.82) is 0 Å². The lowest BCUT2D eigenvalue weighted by Crippen LogP contribution is -1.98. The molecule has 15 heavy (non-hydrogen) atoms. The zero-order chi connectivity index (χ0) is 10.8. The van der Waals surface area contributed by atoms with Gasteiger partial charge in [-0.05, 0) is 24.6 Å². The van der Waals surface area contributed by atoms with Crippen LogP contribution >= 0.6 is 27.5 Å². The number of aryl methyl sites for hydroxylation is 1. The molecule has 0 unspecified atom stereocenters. The van der Waals surface area contributed by atoms with Crippen LogP contribution in [0, 0.1) is 6.92 Å². The Morgan fingerprint density at radius 3 is 2.93 bits per heavy atom. The minimum Gasteiger partial charge on any atom is -0.285 e. The largest absolute Gasteiger partial charge is 0.285 e. The van der Waals surface area contributed by atoms with Gasteiger partial charge in [-0.15, -0.1) is 21.8 Å². The van der Waals surface area contributed by atoms with Crippen molar-refractivity contribution >= 4 is 27.5 Å². The van der Waals surface area contributed by atoms with Gasteiger partial charge in [-0.3, -0.25) is 4.57 Å². The zero-order valence-electron chi connectivity index (χ0n) is 8.11. The van der Waals surface area contributed by atoms with Crippen LogP contribution in [0.25, 0.3) is 5.69 Å². The standard InChI is InChI=1S/C10H9BrClN3/c1-7-2-3-8(4-9(7)11)15-6-13-14-10(15)5-12/h2-4,6H,5H2,1H3. The highest BCUT2D eigenvalue weighted by Crippen LogP contribution is 2.20. The van der Waals surface area contributed by atoms with Crippen LogP contribution in [-0.4, -0.2) is 14.8 Å². The van der Waals surface area contributed by atoms with Gasteiger partial charge < -0.3 is 0 Å². The Bertz CT molecular complexity index is 481. The topological polar surface area (TPSA) is 30.7 Å². The predicted octanol–water partition coefficient (Wildman–Crippen LogP) is 3.08. The molecule has 3 nitrogen and oxygen atoms in total. The maximum absolute atomic E-state index is 5.76. The molecule has 0 fully saturated rings. The zero-order valence-corrected chi connectivity index (χ0v) is 10.5. The fraction of sp³-hybridized carbons (Fsp3) is 0.200. The van der Waals surface area contributed by atoms with Crippen LogP contribution in [0.3, 0.4) is 0 Å². The van der Waals surface area contributed by atoms with Gasteiger partial charge in [0.1, 0.15) is 6.33 Å². The number of hydrogen-bond acceptors (Lipinski definition) is 2. The maximum Gasteiger partial charge on any atom is 0.152 e. The van der Waals surface area contributed by atoms with E-state index in [-0.39, 0.29) is 0 Å². The van der Waals surface area contributed by atoms with Crippen LogP contribution in [0.1, 0.15) is 11.4 Å². The number of nitrogens with zero attached hydrogens (tertiary/aromatic N) is 3. The second-order valence-electron chi connectivity index (χ2n) is 3.18. The van der Waals surface area contributed by atoms with E-state index in [9.17, 15) is 0 Å². The first-order valence-corrected chi connectivity index (χ1v) is 5.76. The van der Waals surface area contributed by atoms with E-state index in [1.54, 1.807) is 6.33 Å². The van der Waals surface area contributed by atoms with E-state index in [2.05, 4.69) is 26.1 Å². The van der Waals surface area contributed by atoms with Crippen molar-refractivity contribution in [2.75, 3.05) is 0 Å². The molecule has 0 atom stereocenters. The molecule has 2 aromatic rings. The highest BCUT2D eigenvalue weighted by atomic mass is 79.9. The highest BCUT2D eigenvalue weighted by Gasteiger charge is 2.05. The van der Waals surface area contributed by atoms with Crippen LogP contribution in [-0.2, 0) is 5.88 Å². The molecule has 0 saturated heterocycles. The average molecular weight is 287 g/mol. The quantitative estimate of drug-likeness (QED) is 0.794. The third-order valence-electron chi connectivity index (χ3n) is 2.17. The average Bonchev–Trinajstić information content (AvgIpc) is 2.70. The van der Waals surface area contributed by atoms with E-state index in [0.29, 0.717) is 5.88 Å². The van der Waals surface area contributed by atoms with E-state index in [0.717, 1.165) is 16.0 Å². The van der Waals surface area contributed by atoms with Gasteiger partial charge in [0.15, 0.2) is 5.82 Å². The number of hydrogen-bond donors (Lipinski definition) is 0. The summed E-state index contributed by atoms with van der Waals surface area (Å²) in [7, 11) is 0. The third kappa shape index (κ3) is 2.06. The van der Waals surface area contributed by atoms with E-state index in [1.165, 1.54) is 5.56 Å². The van der Waals surface area contributed by atoms with E-state index < -0.39 is 0 Å². The van der Waals surface area contributed by atoms with Crippen LogP contribution in [0.4, 0.5) is 0 Å². The van der Waals surface area contributed by atoms with Crippen molar-refractivity contribution in [3.05, 3.63) is 40.4 Å². The van der Waals surface area contributed by atoms with Gasteiger partial charge in [-0.1, -0.05) is 22.0 Å². The van der Waals surface area contributed by atoms with Gasteiger partial charge in [-0.25, -0.2) is 0 Å². The fourth-order valence-electron chi connectivity index (χ4n) is 1.30. The summed E-state index contributed by atoms with van der Waals surface area (Å²) in [5, 5.41) is 7.76. The molecule has 78 valence electrons.